The first kappa shape index (κ1) is 27.3. The van der Waals surface area contributed by atoms with Crippen LogP contribution in [0.2, 0.25) is 0 Å². The Labute approximate surface area is 233 Å². The van der Waals surface area contributed by atoms with Gasteiger partial charge in [0.25, 0.3) is 5.56 Å². The van der Waals surface area contributed by atoms with Gasteiger partial charge in [-0.25, -0.2) is 9.80 Å². The number of hydrogen-bond acceptors (Lipinski definition) is 6. The van der Waals surface area contributed by atoms with Gasteiger partial charge in [0.2, 0.25) is 5.91 Å². The molecule has 0 bridgehead atoms. The van der Waals surface area contributed by atoms with Crippen LogP contribution >= 0.6 is 0 Å². The van der Waals surface area contributed by atoms with Crippen molar-refractivity contribution in [2.45, 2.75) is 52.7 Å². The molecule has 208 valence electrons. The largest absolute Gasteiger partial charge is 0.343 e. The molecule has 0 aliphatic carbocycles. The Morgan fingerprint density at radius 1 is 1.00 bits per heavy atom. The number of rotatable bonds is 9. The predicted molar refractivity (Wildman–Crippen MR) is 157 cm³/mol. The van der Waals surface area contributed by atoms with E-state index in [1.165, 1.54) is 0 Å². The van der Waals surface area contributed by atoms with Crippen molar-refractivity contribution in [3.63, 3.8) is 0 Å². The van der Waals surface area contributed by atoms with Crippen LogP contribution in [0.5, 0.6) is 0 Å². The summed E-state index contributed by atoms with van der Waals surface area (Å²) >= 11 is 0. The fourth-order valence-corrected chi connectivity index (χ4v) is 5.86. The van der Waals surface area contributed by atoms with Gasteiger partial charge in [0.05, 0.1) is 12.0 Å². The number of nitrogens with one attached hydrogen (secondary N) is 2. The molecule has 9 nitrogen and oxygen atoms in total. The topological polar surface area (TPSA) is 103 Å². The standard InChI is InChI=1S/C31H36N6O3/c1-5-35(6-2)26(38)18-31(24-14-16-32-17-15-24)27-28(36(19-21(3)4)30(40)33-29(27)39)34-37(31)20-23-12-9-11-22-10-7-8-13-25(22)23/h7-17,21,34H,5-6,18-20H2,1-4H3,(H,33,39,40). The Balaban J connectivity index is 1.79. The van der Waals surface area contributed by atoms with Crippen LogP contribution in [0.1, 0.15) is 50.8 Å². The van der Waals surface area contributed by atoms with Crippen molar-refractivity contribution in [1.29, 1.82) is 0 Å². The molecule has 4 aromatic rings. The first-order valence-electron chi connectivity index (χ1n) is 13.9. The molecule has 40 heavy (non-hydrogen) atoms. The van der Waals surface area contributed by atoms with Crippen LogP contribution in [0, 0.1) is 5.92 Å². The molecule has 0 saturated heterocycles. The van der Waals surface area contributed by atoms with Gasteiger partial charge in [-0.3, -0.25) is 24.1 Å². The molecule has 9 heteroatoms. The van der Waals surface area contributed by atoms with E-state index in [-0.39, 0.29) is 18.2 Å². The molecule has 1 atom stereocenters. The summed E-state index contributed by atoms with van der Waals surface area (Å²) in [6, 6.07) is 18.0. The highest BCUT2D eigenvalue weighted by Crippen LogP contribution is 2.46. The van der Waals surface area contributed by atoms with E-state index in [1.54, 1.807) is 21.9 Å². The molecule has 1 aliphatic rings. The van der Waals surface area contributed by atoms with Crippen molar-refractivity contribution >= 4 is 22.5 Å². The summed E-state index contributed by atoms with van der Waals surface area (Å²) in [6.07, 6.45) is 3.35. The first-order chi connectivity index (χ1) is 19.3. The van der Waals surface area contributed by atoms with Crippen molar-refractivity contribution < 1.29 is 4.79 Å². The normalized spacial score (nSPS) is 16.7. The van der Waals surface area contributed by atoms with E-state index in [9.17, 15) is 14.4 Å². The van der Waals surface area contributed by atoms with Crippen LogP contribution in [0.4, 0.5) is 5.82 Å². The lowest BCUT2D eigenvalue weighted by atomic mass is 9.80. The zero-order valence-corrected chi connectivity index (χ0v) is 23.5. The SMILES string of the molecule is CCN(CC)C(=O)CC1(c2ccncc2)c2c(n(CC(C)C)c(=O)[nH]c2=O)NN1Cc1cccc2ccccc12. The van der Waals surface area contributed by atoms with Crippen LogP contribution in [0.25, 0.3) is 10.8 Å². The molecule has 2 aromatic carbocycles. The summed E-state index contributed by atoms with van der Waals surface area (Å²) in [5.41, 5.74) is 3.41. The first-order valence-corrected chi connectivity index (χ1v) is 13.9. The third-order valence-electron chi connectivity index (χ3n) is 7.75. The van der Waals surface area contributed by atoms with E-state index in [4.69, 9.17) is 0 Å². The molecule has 0 saturated carbocycles. The van der Waals surface area contributed by atoms with Crippen molar-refractivity contribution in [2.75, 3.05) is 18.5 Å². The van der Waals surface area contributed by atoms with E-state index >= 15 is 0 Å². The molecule has 2 aromatic heterocycles. The second-order valence-electron chi connectivity index (χ2n) is 10.7. The average molecular weight is 541 g/mol. The number of hydrazine groups is 1. The molecular formula is C31H36N6O3. The molecule has 1 aliphatic heterocycles. The van der Waals surface area contributed by atoms with E-state index in [0.29, 0.717) is 37.6 Å². The number of aromatic amines is 1. The van der Waals surface area contributed by atoms with Gasteiger partial charge in [-0.1, -0.05) is 56.3 Å². The monoisotopic (exact) mass is 540 g/mol. The smallest absolute Gasteiger partial charge is 0.329 e. The van der Waals surface area contributed by atoms with E-state index in [2.05, 4.69) is 39.7 Å². The molecule has 0 fully saturated rings. The van der Waals surface area contributed by atoms with Crippen molar-refractivity contribution in [3.8, 4) is 0 Å². The molecule has 5 rings (SSSR count). The third-order valence-corrected chi connectivity index (χ3v) is 7.75. The third kappa shape index (κ3) is 4.70. The lowest BCUT2D eigenvalue weighted by Crippen LogP contribution is -2.50. The highest BCUT2D eigenvalue weighted by Gasteiger charge is 2.52. The molecule has 2 N–H and O–H groups in total. The number of H-pyrrole nitrogens is 1. The second kappa shape index (κ2) is 11.1. The van der Waals surface area contributed by atoms with Crippen molar-refractivity contribution in [1.82, 2.24) is 24.4 Å². The van der Waals surface area contributed by atoms with Gasteiger partial charge < -0.3 is 10.3 Å². The number of fused-ring (bicyclic) bond motifs is 2. The number of carbonyl (C=O) groups excluding carboxylic acids is 1. The van der Waals surface area contributed by atoms with E-state index in [1.807, 2.05) is 63.0 Å². The number of amides is 1. The van der Waals surface area contributed by atoms with Gasteiger partial charge in [-0.15, -0.1) is 0 Å². The van der Waals surface area contributed by atoms with Crippen molar-refractivity contribution in [2.24, 2.45) is 5.92 Å². The Morgan fingerprint density at radius 2 is 1.70 bits per heavy atom. The van der Waals surface area contributed by atoms with Gasteiger partial charge in [0.15, 0.2) is 0 Å². The summed E-state index contributed by atoms with van der Waals surface area (Å²) in [4.78, 5) is 49.3. The van der Waals surface area contributed by atoms with Gasteiger partial charge >= 0.3 is 5.69 Å². The lowest BCUT2D eigenvalue weighted by Gasteiger charge is -2.39. The van der Waals surface area contributed by atoms with Gasteiger partial charge in [0, 0.05) is 38.6 Å². The lowest BCUT2D eigenvalue weighted by molar-refractivity contribution is -0.133. The van der Waals surface area contributed by atoms with Crippen molar-refractivity contribution in [3.05, 3.63) is 105 Å². The van der Waals surface area contributed by atoms with Crippen LogP contribution < -0.4 is 16.7 Å². The number of benzene rings is 2. The number of hydrogen-bond donors (Lipinski definition) is 2. The molecule has 1 unspecified atom stereocenters. The summed E-state index contributed by atoms with van der Waals surface area (Å²) in [6.45, 7) is 9.82. The Kier molecular flexibility index (Phi) is 7.58. The number of carbonyl (C=O) groups is 1. The number of aromatic nitrogens is 3. The maximum Gasteiger partial charge on any atom is 0.329 e. The molecular weight excluding hydrogens is 504 g/mol. The minimum absolute atomic E-state index is 0.00637. The Bertz CT molecular complexity index is 1640. The zero-order valence-electron chi connectivity index (χ0n) is 23.5. The maximum absolute atomic E-state index is 13.9. The minimum atomic E-state index is -1.20. The molecule has 0 radical (unpaired) electrons. The predicted octanol–water partition coefficient (Wildman–Crippen LogP) is 4.09. The highest BCUT2D eigenvalue weighted by atomic mass is 16.2. The van der Waals surface area contributed by atoms with Crippen LogP contribution in [-0.2, 0) is 23.4 Å². The van der Waals surface area contributed by atoms with Crippen LogP contribution in [-0.4, -0.2) is 43.4 Å². The van der Waals surface area contributed by atoms with Crippen LogP contribution in [0.15, 0.2) is 76.6 Å². The Hall–Kier alpha value is -4.24. The quantitative estimate of drug-likeness (QED) is 0.332. The second-order valence-corrected chi connectivity index (χ2v) is 10.7. The van der Waals surface area contributed by atoms with Gasteiger partial charge in [-0.05, 0) is 53.8 Å². The number of pyridine rings is 1. The number of anilines is 1. The average Bonchev–Trinajstić information content (AvgIpc) is 3.27. The highest BCUT2D eigenvalue weighted by molar-refractivity contribution is 5.86. The van der Waals surface area contributed by atoms with Crippen LogP contribution in [0.3, 0.4) is 0 Å². The summed E-state index contributed by atoms with van der Waals surface area (Å²) < 4.78 is 1.59. The summed E-state index contributed by atoms with van der Waals surface area (Å²) in [5, 5.41) is 4.14. The number of nitrogens with zero attached hydrogens (tertiary/aromatic N) is 4. The molecule has 3 heterocycles. The van der Waals surface area contributed by atoms with Gasteiger partial charge in [-0.2, -0.15) is 0 Å². The van der Waals surface area contributed by atoms with Gasteiger partial charge in [0.1, 0.15) is 11.4 Å². The fraction of sp³-hybridized carbons (Fsp3) is 0.355. The minimum Gasteiger partial charge on any atom is -0.343 e. The molecule has 1 amide bonds. The Morgan fingerprint density at radius 3 is 2.40 bits per heavy atom. The fourth-order valence-electron chi connectivity index (χ4n) is 5.86. The maximum atomic E-state index is 13.9. The molecule has 0 spiro atoms. The zero-order chi connectivity index (χ0) is 28.4. The van der Waals surface area contributed by atoms with E-state index in [0.717, 1.165) is 21.9 Å². The van der Waals surface area contributed by atoms with E-state index < -0.39 is 16.8 Å². The summed E-state index contributed by atoms with van der Waals surface area (Å²) in [5.74, 6) is 0.487. The summed E-state index contributed by atoms with van der Waals surface area (Å²) in [7, 11) is 0.